The molecule has 1 aromatic carbocycles. The van der Waals surface area contributed by atoms with E-state index in [0.29, 0.717) is 0 Å². The van der Waals surface area contributed by atoms with Gasteiger partial charge in [0.1, 0.15) is 0 Å². The number of anilines is 2. The number of aryl methyl sites for hydroxylation is 2. The average molecular weight is 427 g/mol. The van der Waals surface area contributed by atoms with Crippen molar-refractivity contribution in [2.45, 2.75) is 13.8 Å². The second-order valence-electron chi connectivity index (χ2n) is 6.89. The van der Waals surface area contributed by atoms with Gasteiger partial charge < -0.3 is 14.5 Å². The third-order valence-corrected chi connectivity index (χ3v) is 5.68. The number of nitrogens with zero attached hydrogens (tertiary/aromatic N) is 4. The minimum atomic E-state index is 0.894. The van der Waals surface area contributed by atoms with Gasteiger partial charge in [-0.1, -0.05) is 6.07 Å². The van der Waals surface area contributed by atoms with Crippen molar-refractivity contribution in [3.8, 4) is 5.75 Å². The normalized spacial score (nSPS) is 14.7. The number of halogens is 1. The first-order valence-corrected chi connectivity index (χ1v) is 9.92. The number of pyridine rings is 2. The topological polar surface area (TPSA) is 41.5 Å². The number of rotatable bonds is 3. The number of ether oxygens (including phenoxy) is 1. The Bertz CT molecular complexity index is 963. The van der Waals surface area contributed by atoms with Gasteiger partial charge in [0.25, 0.3) is 0 Å². The number of hydrogen-bond acceptors (Lipinski definition) is 5. The van der Waals surface area contributed by atoms with Crippen LogP contribution in [0.5, 0.6) is 5.75 Å². The zero-order chi connectivity index (χ0) is 19.0. The summed E-state index contributed by atoms with van der Waals surface area (Å²) in [5.41, 5.74) is 5.38. The van der Waals surface area contributed by atoms with Crippen LogP contribution in [0.2, 0.25) is 0 Å². The van der Waals surface area contributed by atoms with E-state index in [-0.39, 0.29) is 0 Å². The number of para-hydroxylation sites is 1. The Hall–Kier alpha value is -2.34. The van der Waals surface area contributed by atoms with Crippen molar-refractivity contribution in [1.29, 1.82) is 0 Å². The molecule has 5 nitrogen and oxygen atoms in total. The molecule has 4 rings (SSSR count). The monoisotopic (exact) mass is 426 g/mol. The lowest BCUT2D eigenvalue weighted by Gasteiger charge is -2.38. The summed E-state index contributed by atoms with van der Waals surface area (Å²) in [4.78, 5) is 14.0. The van der Waals surface area contributed by atoms with E-state index < -0.39 is 0 Å². The number of piperazine rings is 1. The third-order valence-electron chi connectivity index (χ3n) is 5.04. The van der Waals surface area contributed by atoms with E-state index in [0.717, 1.165) is 64.4 Å². The van der Waals surface area contributed by atoms with E-state index in [9.17, 15) is 0 Å². The highest BCUT2D eigenvalue weighted by molar-refractivity contribution is 9.10. The van der Waals surface area contributed by atoms with E-state index in [1.165, 1.54) is 5.69 Å². The molecule has 140 valence electrons. The first-order chi connectivity index (χ1) is 13.1. The summed E-state index contributed by atoms with van der Waals surface area (Å²) in [5.74, 6) is 0.894. The van der Waals surface area contributed by atoms with Crippen LogP contribution >= 0.6 is 15.9 Å². The first kappa shape index (κ1) is 18.0. The summed E-state index contributed by atoms with van der Waals surface area (Å²) in [6, 6.07) is 10.4. The van der Waals surface area contributed by atoms with Gasteiger partial charge in [-0.2, -0.15) is 0 Å². The highest BCUT2D eigenvalue weighted by atomic mass is 79.9. The van der Waals surface area contributed by atoms with Gasteiger partial charge in [0.05, 0.1) is 24.5 Å². The van der Waals surface area contributed by atoms with Gasteiger partial charge in [-0.05, 0) is 54.0 Å². The second-order valence-corrected chi connectivity index (χ2v) is 7.75. The zero-order valence-electron chi connectivity index (χ0n) is 15.9. The molecule has 0 unspecified atom stereocenters. The summed E-state index contributed by atoms with van der Waals surface area (Å²) in [6.07, 6.45) is 1.93. The molecule has 1 aliphatic heterocycles. The van der Waals surface area contributed by atoms with Crippen molar-refractivity contribution < 1.29 is 4.74 Å². The van der Waals surface area contributed by atoms with Gasteiger partial charge in [-0.3, -0.25) is 9.97 Å². The van der Waals surface area contributed by atoms with Crippen molar-refractivity contribution in [3.63, 3.8) is 0 Å². The molecule has 0 atom stereocenters. The largest absolute Gasteiger partial charge is 0.494 e. The molecule has 0 radical (unpaired) electrons. The maximum Gasteiger partial charge on any atom is 0.153 e. The van der Waals surface area contributed by atoms with Crippen LogP contribution in [0.3, 0.4) is 0 Å². The Labute approximate surface area is 168 Å². The molecule has 3 heterocycles. The van der Waals surface area contributed by atoms with Crippen LogP contribution in [0, 0.1) is 13.8 Å². The van der Waals surface area contributed by atoms with E-state index in [4.69, 9.17) is 4.74 Å². The number of methoxy groups -OCH3 is 1. The van der Waals surface area contributed by atoms with E-state index in [1.54, 1.807) is 7.11 Å². The van der Waals surface area contributed by atoms with Crippen LogP contribution in [-0.4, -0.2) is 43.3 Å². The number of fused-ring (bicyclic) bond motifs is 1. The summed E-state index contributed by atoms with van der Waals surface area (Å²) >= 11 is 3.58. The highest BCUT2D eigenvalue weighted by Crippen LogP contribution is 2.37. The second kappa shape index (κ2) is 7.35. The van der Waals surface area contributed by atoms with Crippen molar-refractivity contribution in [2.24, 2.45) is 0 Å². The van der Waals surface area contributed by atoms with Crippen LogP contribution in [0.15, 0.2) is 41.0 Å². The standard InChI is InChI=1S/C21H23BrN4O/c1-14-11-16(12-15(2)24-14)25-7-9-26(10-8-25)19-13-23-20-17(21(19)27-3)5-4-6-18(20)22/h4-6,11-13H,7-10H2,1-3H3. The van der Waals surface area contributed by atoms with Gasteiger partial charge in [0.2, 0.25) is 0 Å². The number of aromatic nitrogens is 2. The fourth-order valence-corrected chi connectivity index (χ4v) is 4.26. The fraction of sp³-hybridized carbons (Fsp3) is 0.333. The summed E-state index contributed by atoms with van der Waals surface area (Å²) < 4.78 is 6.77. The van der Waals surface area contributed by atoms with Crippen LogP contribution in [0.1, 0.15) is 11.4 Å². The summed E-state index contributed by atoms with van der Waals surface area (Å²) in [6.45, 7) is 7.88. The molecule has 6 heteroatoms. The predicted molar refractivity (Wildman–Crippen MR) is 114 cm³/mol. The Kier molecular flexibility index (Phi) is 4.91. The Morgan fingerprint density at radius 3 is 2.33 bits per heavy atom. The Balaban J connectivity index is 1.59. The Morgan fingerprint density at radius 2 is 1.67 bits per heavy atom. The predicted octanol–water partition coefficient (Wildman–Crippen LogP) is 4.34. The average Bonchev–Trinajstić information content (AvgIpc) is 2.67. The van der Waals surface area contributed by atoms with Crippen LogP contribution in [-0.2, 0) is 0 Å². The van der Waals surface area contributed by atoms with E-state index >= 15 is 0 Å². The number of hydrogen-bond donors (Lipinski definition) is 0. The van der Waals surface area contributed by atoms with Gasteiger partial charge in [0.15, 0.2) is 5.75 Å². The fourth-order valence-electron chi connectivity index (χ4n) is 3.79. The van der Waals surface area contributed by atoms with E-state index in [2.05, 4.69) is 67.7 Å². The van der Waals surface area contributed by atoms with Crippen LogP contribution in [0.25, 0.3) is 10.9 Å². The maximum atomic E-state index is 5.79. The molecule has 0 aliphatic carbocycles. The lowest BCUT2D eigenvalue weighted by Crippen LogP contribution is -2.46. The minimum absolute atomic E-state index is 0.894. The number of benzene rings is 1. The Morgan fingerprint density at radius 1 is 1.00 bits per heavy atom. The molecule has 0 amide bonds. The molecule has 3 aromatic rings. The first-order valence-electron chi connectivity index (χ1n) is 9.13. The molecule has 0 saturated carbocycles. The zero-order valence-corrected chi connectivity index (χ0v) is 17.5. The van der Waals surface area contributed by atoms with Gasteiger partial charge in [-0.25, -0.2) is 0 Å². The molecule has 1 saturated heterocycles. The quantitative estimate of drug-likeness (QED) is 0.622. The molecule has 1 aliphatic rings. The van der Waals surface area contributed by atoms with Gasteiger partial charge >= 0.3 is 0 Å². The molecule has 27 heavy (non-hydrogen) atoms. The summed E-state index contributed by atoms with van der Waals surface area (Å²) in [7, 11) is 1.73. The van der Waals surface area contributed by atoms with Crippen LogP contribution < -0.4 is 14.5 Å². The molecule has 1 fully saturated rings. The molecule has 0 N–H and O–H groups in total. The highest BCUT2D eigenvalue weighted by Gasteiger charge is 2.22. The lowest BCUT2D eigenvalue weighted by molar-refractivity contribution is 0.418. The molecule has 0 spiro atoms. The third kappa shape index (κ3) is 3.46. The van der Waals surface area contributed by atoms with Crippen molar-refractivity contribution in [1.82, 2.24) is 9.97 Å². The molecule has 2 aromatic heterocycles. The molecular formula is C21H23BrN4O. The van der Waals surface area contributed by atoms with Crippen LogP contribution in [0.4, 0.5) is 11.4 Å². The minimum Gasteiger partial charge on any atom is -0.494 e. The van der Waals surface area contributed by atoms with Crippen molar-refractivity contribution in [3.05, 3.63) is 52.4 Å². The van der Waals surface area contributed by atoms with Crippen molar-refractivity contribution in [2.75, 3.05) is 43.1 Å². The lowest BCUT2D eigenvalue weighted by atomic mass is 10.1. The maximum absolute atomic E-state index is 5.79. The van der Waals surface area contributed by atoms with E-state index in [1.807, 2.05) is 18.3 Å². The molecule has 0 bridgehead atoms. The van der Waals surface area contributed by atoms with Gasteiger partial charge in [0, 0.05) is 53.1 Å². The summed E-state index contributed by atoms with van der Waals surface area (Å²) in [5, 5.41) is 1.03. The van der Waals surface area contributed by atoms with Gasteiger partial charge in [-0.15, -0.1) is 0 Å². The smallest absolute Gasteiger partial charge is 0.153 e. The SMILES string of the molecule is COc1c(N2CCN(c3cc(C)nc(C)c3)CC2)cnc2c(Br)cccc12. The molecular weight excluding hydrogens is 404 g/mol. The van der Waals surface area contributed by atoms with Crippen molar-refractivity contribution >= 4 is 38.2 Å².